The van der Waals surface area contributed by atoms with Gasteiger partial charge in [0, 0.05) is 38.9 Å². The first-order valence-corrected chi connectivity index (χ1v) is 8.77. The highest BCUT2D eigenvalue weighted by Gasteiger charge is 2.34. The van der Waals surface area contributed by atoms with Crippen molar-refractivity contribution in [3.8, 4) is 0 Å². The fraction of sp³-hybridized carbons (Fsp3) is 0.500. The fourth-order valence-corrected chi connectivity index (χ4v) is 3.57. The van der Waals surface area contributed by atoms with Crippen LogP contribution in [-0.2, 0) is 12.7 Å². The molecule has 0 N–H and O–H groups in total. The Hall–Kier alpha value is -1.87. The molecular weight excluding hydrogens is 351 g/mol. The minimum atomic E-state index is -4.32. The molecule has 2 aromatic heterocycles. The molecule has 1 aliphatic rings. The quantitative estimate of drug-likeness (QED) is 0.826. The summed E-state index contributed by atoms with van der Waals surface area (Å²) in [5.74, 6) is 0.900. The molecule has 0 unspecified atom stereocenters. The second-order valence-corrected chi connectivity index (χ2v) is 7.25. The highest BCUT2D eigenvalue weighted by molar-refractivity contribution is 7.15. The van der Waals surface area contributed by atoms with Crippen LogP contribution in [0.25, 0.3) is 0 Å². The van der Waals surface area contributed by atoms with Gasteiger partial charge in [-0.15, -0.1) is 0 Å². The smallest absolute Gasteiger partial charge is 0.353 e. The van der Waals surface area contributed by atoms with Crippen LogP contribution >= 0.6 is 11.3 Å². The zero-order chi connectivity index (χ0) is 18.0. The van der Waals surface area contributed by atoms with Crippen LogP contribution in [0.2, 0.25) is 0 Å². The summed E-state index contributed by atoms with van der Waals surface area (Å²) in [6.07, 6.45) is -1.54. The van der Waals surface area contributed by atoms with Crippen molar-refractivity contribution in [3.05, 3.63) is 35.0 Å². The largest absolute Gasteiger partial charge is 0.427 e. The van der Waals surface area contributed by atoms with E-state index in [9.17, 15) is 13.2 Å². The van der Waals surface area contributed by atoms with Gasteiger partial charge in [-0.05, 0) is 25.7 Å². The summed E-state index contributed by atoms with van der Waals surface area (Å²) in [5.41, 5.74) is 1.15. The van der Waals surface area contributed by atoms with Crippen LogP contribution in [0.1, 0.15) is 10.4 Å². The van der Waals surface area contributed by atoms with Crippen molar-refractivity contribution in [2.45, 2.75) is 12.7 Å². The van der Waals surface area contributed by atoms with Crippen LogP contribution in [0.15, 0.2) is 24.5 Å². The van der Waals surface area contributed by atoms with Crippen molar-refractivity contribution >= 4 is 22.3 Å². The number of nitrogens with zero attached hydrogens (tertiary/aromatic N) is 5. The Morgan fingerprint density at radius 2 is 1.72 bits per heavy atom. The van der Waals surface area contributed by atoms with Gasteiger partial charge in [0.15, 0.2) is 5.13 Å². The Bertz CT molecular complexity index is 691. The molecule has 1 saturated heterocycles. The zero-order valence-electron chi connectivity index (χ0n) is 14.1. The summed E-state index contributed by atoms with van der Waals surface area (Å²) in [6.45, 7) is 3.52. The second-order valence-electron chi connectivity index (χ2n) is 6.24. The molecule has 2 aromatic rings. The number of hydrogen-bond acceptors (Lipinski definition) is 6. The highest BCUT2D eigenvalue weighted by Crippen LogP contribution is 2.36. The number of halogens is 3. The SMILES string of the molecule is CN(C)Cc1ccc(N2CCN(c3ncc(C(F)(F)F)s3)CC2)nc1. The van der Waals surface area contributed by atoms with E-state index in [-0.39, 0.29) is 0 Å². The third-order valence-corrected chi connectivity index (χ3v) is 5.06. The molecule has 3 rings (SSSR count). The second kappa shape index (κ2) is 7.17. The summed E-state index contributed by atoms with van der Waals surface area (Å²) in [4.78, 5) is 13.9. The lowest BCUT2D eigenvalue weighted by Gasteiger charge is -2.35. The van der Waals surface area contributed by atoms with E-state index >= 15 is 0 Å². The molecule has 0 atom stereocenters. The molecule has 3 heterocycles. The third kappa shape index (κ3) is 4.40. The molecule has 9 heteroatoms. The molecule has 0 radical (unpaired) electrons. The summed E-state index contributed by atoms with van der Waals surface area (Å²) in [5, 5.41) is 0.432. The number of rotatable bonds is 4. The Kier molecular flexibility index (Phi) is 5.14. The Morgan fingerprint density at radius 1 is 1.04 bits per heavy atom. The van der Waals surface area contributed by atoms with Crippen molar-refractivity contribution in [1.29, 1.82) is 0 Å². The predicted octanol–water partition coefficient (Wildman–Crippen LogP) is 2.95. The Labute approximate surface area is 148 Å². The van der Waals surface area contributed by atoms with Crippen LogP contribution in [0.5, 0.6) is 0 Å². The number of pyridine rings is 1. The summed E-state index contributed by atoms with van der Waals surface area (Å²) >= 11 is 0.702. The van der Waals surface area contributed by atoms with Crippen LogP contribution in [0, 0.1) is 0 Å². The van der Waals surface area contributed by atoms with Gasteiger partial charge in [0.05, 0.1) is 6.20 Å². The predicted molar refractivity (Wildman–Crippen MR) is 93.2 cm³/mol. The first kappa shape index (κ1) is 17.9. The average Bonchev–Trinajstić information content (AvgIpc) is 3.05. The van der Waals surface area contributed by atoms with Crippen LogP contribution in [-0.4, -0.2) is 55.1 Å². The maximum atomic E-state index is 12.7. The van der Waals surface area contributed by atoms with Gasteiger partial charge in [-0.2, -0.15) is 13.2 Å². The van der Waals surface area contributed by atoms with Gasteiger partial charge < -0.3 is 14.7 Å². The van der Waals surface area contributed by atoms with Crippen molar-refractivity contribution in [2.75, 3.05) is 50.1 Å². The summed E-state index contributed by atoms with van der Waals surface area (Å²) in [6, 6.07) is 4.06. The Morgan fingerprint density at radius 3 is 2.24 bits per heavy atom. The normalized spacial score (nSPS) is 15.9. The molecule has 0 saturated carbocycles. The van der Waals surface area contributed by atoms with Gasteiger partial charge in [0.1, 0.15) is 10.7 Å². The lowest BCUT2D eigenvalue weighted by molar-refractivity contribution is -0.134. The minimum absolute atomic E-state index is 0.432. The molecule has 1 fully saturated rings. The molecule has 0 aliphatic carbocycles. The van der Waals surface area contributed by atoms with E-state index in [2.05, 4.69) is 25.8 Å². The van der Waals surface area contributed by atoms with Crippen molar-refractivity contribution in [1.82, 2.24) is 14.9 Å². The first-order valence-electron chi connectivity index (χ1n) is 7.95. The zero-order valence-corrected chi connectivity index (χ0v) is 14.9. The van der Waals surface area contributed by atoms with E-state index < -0.39 is 11.1 Å². The topological polar surface area (TPSA) is 35.5 Å². The molecule has 0 bridgehead atoms. The molecule has 0 amide bonds. The van der Waals surface area contributed by atoms with Crippen LogP contribution in [0.3, 0.4) is 0 Å². The van der Waals surface area contributed by atoms with Crippen molar-refractivity contribution < 1.29 is 13.2 Å². The van der Waals surface area contributed by atoms with Crippen molar-refractivity contribution in [3.63, 3.8) is 0 Å². The molecular formula is C16H20F3N5S. The average molecular weight is 371 g/mol. The van der Waals surface area contributed by atoms with Gasteiger partial charge in [0.2, 0.25) is 0 Å². The van der Waals surface area contributed by atoms with Crippen LogP contribution < -0.4 is 9.80 Å². The van der Waals surface area contributed by atoms with E-state index in [1.54, 1.807) is 0 Å². The number of piperazine rings is 1. The van der Waals surface area contributed by atoms with Gasteiger partial charge in [-0.25, -0.2) is 9.97 Å². The lowest BCUT2D eigenvalue weighted by atomic mass is 10.2. The standard InChI is InChI=1S/C16H20F3N5S/c1-22(2)11-12-3-4-14(20-9-12)23-5-7-24(8-6-23)15-21-10-13(25-15)16(17,18)19/h3-4,9-10H,5-8,11H2,1-2H3. The monoisotopic (exact) mass is 371 g/mol. The fourth-order valence-electron chi connectivity index (χ4n) is 2.73. The van der Waals surface area contributed by atoms with Gasteiger partial charge >= 0.3 is 6.18 Å². The molecule has 5 nitrogen and oxygen atoms in total. The van der Waals surface area contributed by atoms with E-state index in [1.165, 1.54) is 0 Å². The van der Waals surface area contributed by atoms with E-state index in [0.717, 1.165) is 24.1 Å². The van der Waals surface area contributed by atoms with E-state index in [0.29, 0.717) is 42.6 Å². The van der Waals surface area contributed by atoms with E-state index in [1.807, 2.05) is 31.3 Å². The van der Waals surface area contributed by atoms with Crippen LogP contribution in [0.4, 0.5) is 24.1 Å². The van der Waals surface area contributed by atoms with Gasteiger partial charge in [-0.1, -0.05) is 17.4 Å². The molecule has 0 spiro atoms. The minimum Gasteiger partial charge on any atom is -0.353 e. The number of aromatic nitrogens is 2. The first-order chi connectivity index (χ1) is 11.8. The maximum absolute atomic E-state index is 12.7. The maximum Gasteiger partial charge on any atom is 0.427 e. The molecule has 25 heavy (non-hydrogen) atoms. The Balaban J connectivity index is 1.59. The lowest BCUT2D eigenvalue weighted by Crippen LogP contribution is -2.46. The number of anilines is 2. The summed E-state index contributed by atoms with van der Waals surface area (Å²) in [7, 11) is 4.02. The third-order valence-electron chi connectivity index (χ3n) is 3.95. The molecule has 1 aliphatic heterocycles. The molecule has 0 aromatic carbocycles. The molecule has 136 valence electrons. The summed E-state index contributed by atoms with van der Waals surface area (Å²) < 4.78 is 38.1. The van der Waals surface area contributed by atoms with Gasteiger partial charge in [-0.3, -0.25) is 0 Å². The highest BCUT2D eigenvalue weighted by atomic mass is 32.1. The van der Waals surface area contributed by atoms with E-state index in [4.69, 9.17) is 0 Å². The van der Waals surface area contributed by atoms with Gasteiger partial charge in [0.25, 0.3) is 0 Å². The number of thiazole rings is 1. The number of hydrogen-bond donors (Lipinski definition) is 0. The van der Waals surface area contributed by atoms with Crippen molar-refractivity contribution in [2.24, 2.45) is 0 Å². The number of alkyl halides is 3.